The summed E-state index contributed by atoms with van der Waals surface area (Å²) in [6.45, 7) is 3.75. The van der Waals surface area contributed by atoms with Crippen LogP contribution in [0.15, 0.2) is 24.3 Å². The molecule has 108 valence electrons. The Morgan fingerprint density at radius 3 is 2.25 bits per heavy atom. The van der Waals surface area contributed by atoms with E-state index in [1.165, 1.54) is 7.11 Å². The Labute approximate surface area is 117 Å². The molecule has 0 saturated carbocycles. The van der Waals surface area contributed by atoms with Crippen molar-refractivity contribution < 1.29 is 19.1 Å². The fourth-order valence-corrected chi connectivity index (χ4v) is 1.46. The number of methoxy groups -OCH3 is 1. The van der Waals surface area contributed by atoms with E-state index < -0.39 is 11.9 Å². The molecule has 0 unspecified atom stereocenters. The molecule has 0 fully saturated rings. The van der Waals surface area contributed by atoms with E-state index >= 15 is 0 Å². The van der Waals surface area contributed by atoms with Crippen molar-refractivity contribution in [2.45, 2.75) is 26.3 Å². The maximum atomic E-state index is 11.7. The van der Waals surface area contributed by atoms with Crippen LogP contribution in [0.4, 0.5) is 5.69 Å². The quantitative estimate of drug-likeness (QED) is 0.628. The lowest BCUT2D eigenvalue weighted by atomic mass is 10.2. The summed E-state index contributed by atoms with van der Waals surface area (Å²) in [5, 5.41) is 5.31. The van der Waals surface area contributed by atoms with E-state index in [2.05, 4.69) is 15.4 Å². The smallest absolute Gasteiger partial charge is 0.315 e. The van der Waals surface area contributed by atoms with E-state index in [1.54, 1.807) is 24.3 Å². The number of nitrogens with one attached hydrogen (secondary N) is 2. The molecule has 2 N–H and O–H groups in total. The number of ether oxygens (including phenoxy) is 1. The van der Waals surface area contributed by atoms with Gasteiger partial charge in [0.1, 0.15) is 6.42 Å². The fourth-order valence-electron chi connectivity index (χ4n) is 1.46. The van der Waals surface area contributed by atoms with Crippen molar-refractivity contribution in [1.29, 1.82) is 0 Å². The third kappa shape index (κ3) is 5.09. The van der Waals surface area contributed by atoms with Crippen molar-refractivity contribution in [2.75, 3.05) is 12.4 Å². The Hall–Kier alpha value is -2.37. The lowest BCUT2D eigenvalue weighted by Gasteiger charge is -2.09. The molecule has 20 heavy (non-hydrogen) atoms. The van der Waals surface area contributed by atoms with Crippen LogP contribution in [0, 0.1) is 0 Å². The van der Waals surface area contributed by atoms with Crippen molar-refractivity contribution in [3.05, 3.63) is 29.8 Å². The molecule has 0 aliphatic heterocycles. The average Bonchev–Trinajstić information content (AvgIpc) is 2.38. The van der Waals surface area contributed by atoms with Crippen molar-refractivity contribution >= 4 is 23.5 Å². The second-order valence-corrected chi connectivity index (χ2v) is 4.51. The van der Waals surface area contributed by atoms with E-state index in [1.807, 2.05) is 13.8 Å². The van der Waals surface area contributed by atoms with Gasteiger partial charge in [-0.15, -0.1) is 0 Å². The van der Waals surface area contributed by atoms with Gasteiger partial charge in [-0.2, -0.15) is 0 Å². The summed E-state index contributed by atoms with van der Waals surface area (Å²) in [5.74, 6) is -1.24. The van der Waals surface area contributed by atoms with E-state index in [4.69, 9.17) is 0 Å². The molecule has 2 amide bonds. The van der Waals surface area contributed by atoms with E-state index in [0.29, 0.717) is 11.3 Å². The van der Waals surface area contributed by atoms with E-state index in [9.17, 15) is 14.4 Å². The van der Waals surface area contributed by atoms with Gasteiger partial charge in [0, 0.05) is 17.3 Å². The minimum atomic E-state index is -0.601. The highest BCUT2D eigenvalue weighted by Crippen LogP contribution is 2.10. The molecule has 0 aromatic heterocycles. The third-order valence-electron chi connectivity index (χ3n) is 2.38. The first-order valence-corrected chi connectivity index (χ1v) is 6.20. The average molecular weight is 278 g/mol. The molecule has 0 radical (unpaired) electrons. The summed E-state index contributed by atoms with van der Waals surface area (Å²) >= 11 is 0. The Balaban J connectivity index is 2.60. The van der Waals surface area contributed by atoms with Crippen LogP contribution in [-0.2, 0) is 14.3 Å². The number of carbonyl (C=O) groups excluding carboxylic acids is 3. The second-order valence-electron chi connectivity index (χ2n) is 4.51. The molecule has 1 aromatic rings. The SMILES string of the molecule is COC(=O)CC(=O)Nc1ccc(C(=O)NC(C)C)cc1. The zero-order valence-corrected chi connectivity index (χ0v) is 11.7. The summed E-state index contributed by atoms with van der Waals surface area (Å²) in [6, 6.07) is 6.47. The van der Waals surface area contributed by atoms with Crippen LogP contribution in [0.1, 0.15) is 30.6 Å². The van der Waals surface area contributed by atoms with Crippen LogP contribution in [0.5, 0.6) is 0 Å². The molecule has 0 heterocycles. The molecule has 6 nitrogen and oxygen atoms in total. The van der Waals surface area contributed by atoms with Crippen LogP contribution in [0.2, 0.25) is 0 Å². The standard InChI is InChI=1S/C14H18N2O4/c1-9(2)15-14(19)10-4-6-11(7-5-10)16-12(17)8-13(18)20-3/h4-7,9H,8H2,1-3H3,(H,15,19)(H,16,17). The molecule has 0 bridgehead atoms. The third-order valence-corrected chi connectivity index (χ3v) is 2.38. The first-order valence-electron chi connectivity index (χ1n) is 6.20. The van der Waals surface area contributed by atoms with Crippen LogP contribution in [0.3, 0.4) is 0 Å². The lowest BCUT2D eigenvalue weighted by molar-refractivity contribution is -0.142. The normalized spacial score (nSPS) is 10.0. The molecular formula is C14H18N2O4. The summed E-state index contributed by atoms with van der Waals surface area (Å²) in [6.07, 6.45) is -0.341. The topological polar surface area (TPSA) is 84.5 Å². The maximum absolute atomic E-state index is 11.7. The maximum Gasteiger partial charge on any atom is 0.315 e. The first-order chi connectivity index (χ1) is 9.42. The van der Waals surface area contributed by atoms with Gasteiger partial charge in [-0.05, 0) is 38.1 Å². The fraction of sp³-hybridized carbons (Fsp3) is 0.357. The van der Waals surface area contributed by atoms with Crippen LogP contribution < -0.4 is 10.6 Å². The minimum absolute atomic E-state index is 0.0573. The minimum Gasteiger partial charge on any atom is -0.469 e. The van der Waals surface area contributed by atoms with Gasteiger partial charge in [0.05, 0.1) is 7.11 Å². The first kappa shape index (κ1) is 15.7. The van der Waals surface area contributed by atoms with E-state index in [0.717, 1.165) is 0 Å². The molecule has 6 heteroatoms. The second kappa shape index (κ2) is 7.28. The zero-order chi connectivity index (χ0) is 15.1. The Morgan fingerprint density at radius 1 is 1.15 bits per heavy atom. The molecule has 1 rings (SSSR count). The van der Waals surface area contributed by atoms with Gasteiger partial charge < -0.3 is 15.4 Å². The summed E-state index contributed by atoms with van der Waals surface area (Å²) < 4.78 is 4.39. The van der Waals surface area contributed by atoms with Gasteiger partial charge in [-0.3, -0.25) is 14.4 Å². The largest absolute Gasteiger partial charge is 0.469 e. The number of anilines is 1. The van der Waals surface area contributed by atoms with Crippen molar-refractivity contribution in [3.63, 3.8) is 0 Å². The van der Waals surface area contributed by atoms with Crippen molar-refractivity contribution in [2.24, 2.45) is 0 Å². The van der Waals surface area contributed by atoms with Crippen LogP contribution in [0.25, 0.3) is 0 Å². The van der Waals surface area contributed by atoms with E-state index in [-0.39, 0.29) is 18.4 Å². The monoisotopic (exact) mass is 278 g/mol. The molecule has 0 saturated heterocycles. The van der Waals surface area contributed by atoms with Gasteiger partial charge in [0.15, 0.2) is 0 Å². The highest BCUT2D eigenvalue weighted by atomic mass is 16.5. The summed E-state index contributed by atoms with van der Waals surface area (Å²) in [5.41, 5.74) is 1.02. The van der Waals surface area contributed by atoms with Gasteiger partial charge in [0.2, 0.25) is 5.91 Å². The predicted octanol–water partition coefficient (Wildman–Crippen LogP) is 1.33. The van der Waals surface area contributed by atoms with Crippen LogP contribution >= 0.6 is 0 Å². The van der Waals surface area contributed by atoms with Crippen molar-refractivity contribution in [3.8, 4) is 0 Å². The molecular weight excluding hydrogens is 260 g/mol. The highest BCUT2D eigenvalue weighted by molar-refractivity contribution is 6.02. The molecule has 0 aliphatic rings. The molecule has 0 spiro atoms. The van der Waals surface area contributed by atoms with Gasteiger partial charge in [-0.25, -0.2) is 0 Å². The van der Waals surface area contributed by atoms with Crippen LogP contribution in [-0.4, -0.2) is 30.9 Å². The Morgan fingerprint density at radius 2 is 1.75 bits per heavy atom. The molecule has 0 aliphatic carbocycles. The lowest BCUT2D eigenvalue weighted by Crippen LogP contribution is -2.30. The van der Waals surface area contributed by atoms with Crippen molar-refractivity contribution in [1.82, 2.24) is 5.32 Å². The van der Waals surface area contributed by atoms with Gasteiger partial charge in [-0.1, -0.05) is 0 Å². The number of rotatable bonds is 5. The predicted molar refractivity (Wildman–Crippen MR) is 74.3 cm³/mol. The molecule has 0 atom stereocenters. The number of hydrogen-bond acceptors (Lipinski definition) is 4. The Kier molecular flexibility index (Phi) is 5.71. The zero-order valence-electron chi connectivity index (χ0n) is 11.7. The highest BCUT2D eigenvalue weighted by Gasteiger charge is 2.10. The number of amides is 2. The number of benzene rings is 1. The summed E-state index contributed by atoms with van der Waals surface area (Å²) in [4.78, 5) is 34.1. The Bertz CT molecular complexity index is 494. The number of esters is 1. The summed E-state index contributed by atoms with van der Waals surface area (Å²) in [7, 11) is 1.22. The van der Waals surface area contributed by atoms with Gasteiger partial charge in [0.25, 0.3) is 5.91 Å². The number of carbonyl (C=O) groups is 3. The number of hydrogen-bond donors (Lipinski definition) is 2. The van der Waals surface area contributed by atoms with Gasteiger partial charge >= 0.3 is 5.97 Å². The molecule has 1 aromatic carbocycles.